The average Bonchev–Trinajstić information content (AvgIpc) is 2.82. The number of hydrogen-bond donors (Lipinski definition) is 2. The number of phenolic OH excluding ortho intramolecular Hbond substituents is 2. The Bertz CT molecular complexity index is 603. The zero-order valence-electron chi connectivity index (χ0n) is 12.7. The lowest BCUT2D eigenvalue weighted by Crippen LogP contribution is -2.27. The molecule has 0 spiro atoms. The number of rotatable bonds is 2. The smallest absolute Gasteiger partial charge is 0.293 e. The Morgan fingerprint density at radius 1 is 1.17 bits per heavy atom. The monoisotopic (exact) mass is 339 g/mol. The molecule has 0 unspecified atom stereocenters. The molecule has 0 aliphatic carbocycles. The molecule has 1 aliphatic rings. The summed E-state index contributed by atoms with van der Waals surface area (Å²) >= 11 is 0.872. The predicted molar refractivity (Wildman–Crippen MR) is 87.1 cm³/mol. The number of likely N-dealkylation sites (N-methyl/N-ethyl adjacent to an activating group) is 1. The molecule has 124 valence electrons. The highest BCUT2D eigenvalue weighted by Gasteiger charge is 2.33. The van der Waals surface area contributed by atoms with Crippen LogP contribution in [-0.2, 0) is 14.4 Å². The van der Waals surface area contributed by atoms with Gasteiger partial charge in [0.05, 0.1) is 4.91 Å². The fourth-order valence-electron chi connectivity index (χ4n) is 1.80. The second-order valence-corrected chi connectivity index (χ2v) is 5.12. The summed E-state index contributed by atoms with van der Waals surface area (Å²) in [5, 5.41) is 18.7. The molecule has 0 radical (unpaired) electrons. The number of phenols is 2. The molecule has 7 nitrogen and oxygen atoms in total. The summed E-state index contributed by atoms with van der Waals surface area (Å²) in [7, 11) is 0. The molecule has 2 rings (SSSR count). The Hall–Kier alpha value is -2.61. The van der Waals surface area contributed by atoms with Crippen molar-refractivity contribution in [2.75, 3.05) is 6.54 Å². The zero-order chi connectivity index (χ0) is 18.2. The van der Waals surface area contributed by atoms with Crippen LogP contribution < -0.4 is 0 Å². The third kappa shape index (κ3) is 4.68. The Labute approximate surface area is 137 Å². The van der Waals surface area contributed by atoms with Crippen molar-refractivity contribution in [3.63, 3.8) is 0 Å². The van der Waals surface area contributed by atoms with E-state index in [1.807, 2.05) is 13.6 Å². The van der Waals surface area contributed by atoms with Gasteiger partial charge in [-0.15, -0.1) is 0 Å². The van der Waals surface area contributed by atoms with Gasteiger partial charge >= 0.3 is 0 Å². The van der Waals surface area contributed by atoms with E-state index in [0.717, 1.165) is 16.7 Å². The third-order valence-electron chi connectivity index (χ3n) is 2.79. The highest BCUT2D eigenvalue weighted by Crippen LogP contribution is 2.35. The van der Waals surface area contributed by atoms with Crippen LogP contribution in [0.25, 0.3) is 6.08 Å². The van der Waals surface area contributed by atoms with Gasteiger partial charge < -0.3 is 19.8 Å². The normalized spacial score (nSPS) is 14.9. The van der Waals surface area contributed by atoms with Crippen LogP contribution in [0.3, 0.4) is 0 Å². The van der Waals surface area contributed by atoms with Gasteiger partial charge in [-0.05, 0) is 54.9 Å². The van der Waals surface area contributed by atoms with Crippen molar-refractivity contribution in [1.29, 1.82) is 0 Å². The topological polar surface area (TPSA) is 112 Å². The minimum absolute atomic E-state index is 0.182. The number of hydrogen-bond acceptors (Lipinski definition) is 7. The first kappa shape index (κ1) is 20.4. The van der Waals surface area contributed by atoms with Crippen molar-refractivity contribution >= 4 is 42.6 Å². The summed E-state index contributed by atoms with van der Waals surface area (Å²) in [4.78, 5) is 40.9. The Balaban J connectivity index is 0.00000112. The van der Waals surface area contributed by atoms with E-state index in [1.165, 1.54) is 12.1 Å². The van der Waals surface area contributed by atoms with E-state index in [-0.39, 0.29) is 22.6 Å². The molecule has 1 aromatic rings. The summed E-state index contributed by atoms with van der Waals surface area (Å²) in [6.45, 7) is 7.71. The van der Waals surface area contributed by atoms with E-state index in [9.17, 15) is 19.8 Å². The average molecular weight is 339 g/mol. The summed E-state index contributed by atoms with van der Waals surface area (Å²) in [5.74, 6) is -0.762. The minimum Gasteiger partial charge on any atom is -0.504 e. The molecule has 23 heavy (non-hydrogen) atoms. The molecule has 1 heterocycles. The lowest BCUT2D eigenvalue weighted by atomic mass is 10.1. The van der Waals surface area contributed by atoms with Crippen molar-refractivity contribution in [3.8, 4) is 11.5 Å². The predicted octanol–water partition coefficient (Wildman–Crippen LogP) is 2.09. The second kappa shape index (κ2) is 9.42. The number of aryl methyl sites for hydroxylation is 1. The molecule has 2 amide bonds. The highest BCUT2D eigenvalue weighted by molar-refractivity contribution is 8.18. The fourth-order valence-corrected chi connectivity index (χ4v) is 2.70. The van der Waals surface area contributed by atoms with Crippen molar-refractivity contribution in [2.24, 2.45) is 0 Å². The SMILES string of the molecule is C=O.C=O.CCN1C(=O)S/C(=C\c2cc(C)c(O)c(O)c2)C1=O. The van der Waals surface area contributed by atoms with Gasteiger partial charge in [0, 0.05) is 6.54 Å². The number of carbonyl (C=O) groups is 4. The van der Waals surface area contributed by atoms with Crippen LogP contribution in [0.2, 0.25) is 0 Å². The molecule has 0 bridgehead atoms. The lowest BCUT2D eigenvalue weighted by molar-refractivity contribution is -0.122. The maximum atomic E-state index is 11.9. The maximum Gasteiger partial charge on any atom is 0.293 e. The van der Waals surface area contributed by atoms with Gasteiger partial charge in [0.1, 0.15) is 13.6 Å². The van der Waals surface area contributed by atoms with E-state index >= 15 is 0 Å². The molecule has 0 atom stereocenters. The van der Waals surface area contributed by atoms with E-state index in [4.69, 9.17) is 9.59 Å². The van der Waals surface area contributed by atoms with E-state index < -0.39 is 0 Å². The highest BCUT2D eigenvalue weighted by atomic mass is 32.2. The number of benzene rings is 1. The van der Waals surface area contributed by atoms with Crippen molar-refractivity contribution in [1.82, 2.24) is 4.90 Å². The zero-order valence-corrected chi connectivity index (χ0v) is 13.6. The van der Waals surface area contributed by atoms with Crippen LogP contribution in [0.15, 0.2) is 17.0 Å². The first-order valence-corrected chi connectivity index (χ1v) is 7.11. The van der Waals surface area contributed by atoms with Crippen LogP contribution in [0.4, 0.5) is 4.79 Å². The van der Waals surface area contributed by atoms with E-state index in [2.05, 4.69) is 0 Å². The molecular formula is C15H17NO6S. The number of aromatic hydroxyl groups is 2. The number of nitrogens with zero attached hydrogens (tertiary/aromatic N) is 1. The van der Waals surface area contributed by atoms with Crippen molar-refractivity contribution in [3.05, 3.63) is 28.2 Å². The van der Waals surface area contributed by atoms with Gasteiger partial charge in [-0.2, -0.15) is 0 Å². The van der Waals surface area contributed by atoms with Gasteiger partial charge in [-0.1, -0.05) is 0 Å². The number of imide groups is 1. The summed E-state index contributed by atoms with van der Waals surface area (Å²) < 4.78 is 0. The molecule has 0 aromatic heterocycles. The molecule has 8 heteroatoms. The molecular weight excluding hydrogens is 322 g/mol. The van der Waals surface area contributed by atoms with Crippen LogP contribution in [0.5, 0.6) is 11.5 Å². The number of thioether (sulfide) groups is 1. The van der Waals surface area contributed by atoms with Gasteiger partial charge in [0.15, 0.2) is 11.5 Å². The van der Waals surface area contributed by atoms with Crippen LogP contribution >= 0.6 is 11.8 Å². The van der Waals surface area contributed by atoms with Gasteiger partial charge in [0.2, 0.25) is 0 Å². The number of carbonyl (C=O) groups excluding carboxylic acids is 4. The van der Waals surface area contributed by atoms with Gasteiger partial charge in [0.25, 0.3) is 11.1 Å². The molecule has 1 aliphatic heterocycles. The maximum absolute atomic E-state index is 11.9. The van der Waals surface area contributed by atoms with Gasteiger partial charge in [-0.25, -0.2) is 0 Å². The number of amides is 2. The third-order valence-corrected chi connectivity index (χ3v) is 3.70. The lowest BCUT2D eigenvalue weighted by Gasteiger charge is -2.07. The Morgan fingerprint density at radius 3 is 2.17 bits per heavy atom. The molecule has 1 fully saturated rings. The van der Waals surface area contributed by atoms with Gasteiger partial charge in [-0.3, -0.25) is 14.5 Å². The van der Waals surface area contributed by atoms with E-state index in [0.29, 0.717) is 22.6 Å². The largest absolute Gasteiger partial charge is 0.504 e. The van der Waals surface area contributed by atoms with Crippen LogP contribution in [-0.4, -0.2) is 46.4 Å². The van der Waals surface area contributed by atoms with Crippen LogP contribution in [0.1, 0.15) is 18.1 Å². The summed E-state index contributed by atoms with van der Waals surface area (Å²) in [6.07, 6.45) is 1.53. The van der Waals surface area contributed by atoms with E-state index in [1.54, 1.807) is 19.9 Å². The van der Waals surface area contributed by atoms with Crippen molar-refractivity contribution in [2.45, 2.75) is 13.8 Å². The summed E-state index contributed by atoms with van der Waals surface area (Å²) in [6, 6.07) is 2.98. The minimum atomic E-state index is -0.331. The Morgan fingerprint density at radius 2 is 1.74 bits per heavy atom. The van der Waals surface area contributed by atoms with Crippen molar-refractivity contribution < 1.29 is 29.4 Å². The summed E-state index contributed by atoms with van der Waals surface area (Å²) in [5.41, 5.74) is 1.07. The van der Waals surface area contributed by atoms with Crippen LogP contribution in [0, 0.1) is 6.92 Å². The molecule has 2 N–H and O–H groups in total. The fraction of sp³-hybridized carbons (Fsp3) is 0.200. The second-order valence-electron chi connectivity index (χ2n) is 4.13. The first-order chi connectivity index (χ1) is 10.9. The standard InChI is InChI=1S/C13H13NO4S.2CH2O/c1-3-14-12(17)10(19-13(14)18)6-8-4-7(2)11(16)9(15)5-8;2*1-2/h4-6,15-16H,3H2,1-2H3;2*1H2/b10-6-;;. The molecule has 1 saturated heterocycles. The molecule has 1 aromatic carbocycles. The molecule has 0 saturated carbocycles. The first-order valence-electron chi connectivity index (χ1n) is 6.29. The Kier molecular flexibility index (Phi) is 8.35. The quantitative estimate of drug-likeness (QED) is 0.626.